The van der Waals surface area contributed by atoms with Gasteiger partial charge in [-0.1, -0.05) is 6.07 Å². The Kier molecular flexibility index (Phi) is 3.01. The predicted octanol–water partition coefficient (Wildman–Crippen LogP) is 3.35. The summed E-state index contributed by atoms with van der Waals surface area (Å²) in [5, 5.41) is 0. The normalized spacial score (nSPS) is 34.4. The molecule has 0 saturated carbocycles. The van der Waals surface area contributed by atoms with E-state index in [0.29, 0.717) is 0 Å². The van der Waals surface area contributed by atoms with Gasteiger partial charge in [0.15, 0.2) is 0 Å². The van der Waals surface area contributed by atoms with Crippen molar-refractivity contribution < 1.29 is 33.9 Å². The summed E-state index contributed by atoms with van der Waals surface area (Å²) in [4.78, 5) is 12.9. The lowest BCUT2D eigenvalue weighted by molar-refractivity contribution is 0.00578. The lowest BCUT2D eigenvalue weighted by Gasteiger charge is -2.37. The van der Waals surface area contributed by atoms with Crippen LogP contribution in [0.5, 0.6) is 0 Å². The first kappa shape index (κ1) is 11.6. The van der Waals surface area contributed by atoms with Gasteiger partial charge in [-0.25, -0.2) is 4.79 Å². The fourth-order valence-corrected chi connectivity index (χ4v) is 2.66. The second kappa shape index (κ2) is 7.51. The van der Waals surface area contributed by atoms with Gasteiger partial charge in [0.1, 0.15) is 5.60 Å². The SMILES string of the molecule is [2H]C([2H])([2H])c1cc(B2OC(C)(C)C(C)(C)O2)cc(N2C([2H])([2H])C([2H])([2H])N(C(=O)OC(C)(C)C)C([2H])([2H])C2([2H])[2H])c1. The van der Waals surface area contributed by atoms with E-state index in [0.717, 1.165) is 6.07 Å². The summed E-state index contributed by atoms with van der Waals surface area (Å²) < 4.78 is 110. The van der Waals surface area contributed by atoms with Crippen LogP contribution in [0.15, 0.2) is 18.2 Å². The van der Waals surface area contributed by atoms with Gasteiger partial charge in [0, 0.05) is 35.8 Å². The van der Waals surface area contributed by atoms with Crippen molar-refractivity contribution >= 4 is 24.4 Å². The highest BCUT2D eigenvalue weighted by molar-refractivity contribution is 6.62. The maximum atomic E-state index is 13.0. The number of aryl methyl sites for hydroxylation is 1. The average molecular weight is 413 g/mol. The molecule has 0 aliphatic carbocycles. The highest BCUT2D eigenvalue weighted by atomic mass is 16.7. The summed E-state index contributed by atoms with van der Waals surface area (Å²) >= 11 is 0. The monoisotopic (exact) mass is 413 g/mol. The van der Waals surface area contributed by atoms with Gasteiger partial charge in [-0.2, -0.15) is 0 Å². The van der Waals surface area contributed by atoms with Crippen LogP contribution in [0, 0.1) is 6.85 Å². The van der Waals surface area contributed by atoms with Gasteiger partial charge in [0.25, 0.3) is 0 Å². The Morgan fingerprint density at radius 2 is 1.69 bits per heavy atom. The Hall–Kier alpha value is -1.73. The minimum Gasteiger partial charge on any atom is -0.444 e. The molecule has 2 aliphatic rings. The average Bonchev–Trinajstić information content (AvgIpc) is 2.91. The zero-order valence-electron chi connectivity index (χ0n) is 28.8. The molecule has 29 heavy (non-hydrogen) atoms. The van der Waals surface area contributed by atoms with E-state index in [-0.39, 0.29) is 20.8 Å². The number of nitrogens with zero attached hydrogens (tertiary/aromatic N) is 2. The molecule has 2 fully saturated rings. The van der Waals surface area contributed by atoms with Crippen LogP contribution >= 0.6 is 0 Å². The number of benzene rings is 1. The Labute approximate surface area is 191 Å². The van der Waals surface area contributed by atoms with E-state index < -0.39 is 68.5 Å². The molecular weight excluding hydrogens is 367 g/mol. The van der Waals surface area contributed by atoms with E-state index in [4.69, 9.17) is 29.1 Å². The van der Waals surface area contributed by atoms with Gasteiger partial charge >= 0.3 is 13.2 Å². The van der Waals surface area contributed by atoms with Crippen LogP contribution in [0.25, 0.3) is 0 Å². The minimum absolute atomic E-state index is 0.0737. The summed E-state index contributed by atoms with van der Waals surface area (Å²) in [6.07, 6.45) is -1.61. The maximum absolute atomic E-state index is 13.0. The molecule has 1 aromatic rings. The third-order valence-corrected chi connectivity index (χ3v) is 4.85. The lowest BCUT2D eigenvalue weighted by Crippen LogP contribution is -2.50. The molecule has 0 radical (unpaired) electrons. The predicted molar refractivity (Wildman–Crippen MR) is 117 cm³/mol. The number of amides is 1. The van der Waals surface area contributed by atoms with Crippen LogP contribution in [-0.4, -0.2) is 60.9 Å². The molecule has 2 saturated heterocycles. The molecule has 2 aliphatic heterocycles. The first-order valence-electron chi connectivity index (χ1n) is 14.9. The molecule has 0 unspecified atom stereocenters. The van der Waals surface area contributed by atoms with Gasteiger partial charge in [-0.3, -0.25) is 0 Å². The van der Waals surface area contributed by atoms with Crippen molar-refractivity contribution in [1.82, 2.24) is 4.90 Å². The van der Waals surface area contributed by atoms with E-state index in [1.807, 2.05) is 0 Å². The Morgan fingerprint density at radius 3 is 2.21 bits per heavy atom. The summed E-state index contributed by atoms with van der Waals surface area (Å²) in [6.45, 7) is -5.32. The van der Waals surface area contributed by atoms with E-state index >= 15 is 0 Å². The number of carbonyl (C=O) groups excluding carboxylic acids is 1. The van der Waals surface area contributed by atoms with Gasteiger partial charge in [0.05, 0.1) is 22.2 Å². The summed E-state index contributed by atoms with van der Waals surface area (Å²) in [5.74, 6) is 0. The molecule has 1 aromatic carbocycles. The summed E-state index contributed by atoms with van der Waals surface area (Å²) in [5.41, 5.74) is -3.70. The molecule has 3 rings (SSSR count). The zero-order chi connectivity index (χ0) is 31.3. The standard InChI is InChI=1S/C22H35BN2O4/c1-16-13-17(23-28-21(5,6)22(7,8)29-23)15-18(14-16)24-9-11-25(12-10-24)19(26)27-20(2,3)4/h13-15H,9-12H2,1-8H3/i1D3,9D2,10D2,11D2,12D2. The molecule has 7 heteroatoms. The van der Waals surface area contributed by atoms with E-state index in [9.17, 15) is 4.79 Å². The first-order chi connectivity index (χ1) is 17.5. The number of anilines is 1. The van der Waals surface area contributed by atoms with Crippen LogP contribution in [-0.2, 0) is 14.0 Å². The highest BCUT2D eigenvalue weighted by Crippen LogP contribution is 2.36. The van der Waals surface area contributed by atoms with Crippen molar-refractivity contribution in [2.24, 2.45) is 0 Å². The molecule has 0 atom stereocenters. The number of hydrogen-bond acceptors (Lipinski definition) is 5. The van der Waals surface area contributed by atoms with Crippen molar-refractivity contribution in [1.29, 1.82) is 0 Å². The topological polar surface area (TPSA) is 51.2 Å². The van der Waals surface area contributed by atoms with Gasteiger partial charge < -0.3 is 23.8 Å². The van der Waals surface area contributed by atoms with Crippen molar-refractivity contribution in [2.75, 3.05) is 30.9 Å². The quantitative estimate of drug-likeness (QED) is 0.696. The van der Waals surface area contributed by atoms with E-state index in [1.54, 1.807) is 27.7 Å². The van der Waals surface area contributed by atoms with Crippen LogP contribution < -0.4 is 10.4 Å². The Balaban J connectivity index is 2.27. The van der Waals surface area contributed by atoms with Crippen molar-refractivity contribution in [3.63, 3.8) is 0 Å². The molecule has 0 aromatic heterocycles. The Bertz CT molecular complexity index is 1140. The van der Waals surface area contributed by atoms with Crippen LogP contribution in [0.3, 0.4) is 0 Å². The second-order valence-electron chi connectivity index (χ2n) is 9.00. The molecule has 1 amide bonds. The molecule has 160 valence electrons. The summed E-state index contributed by atoms with van der Waals surface area (Å²) in [7, 11) is -1.15. The largest absolute Gasteiger partial charge is 0.494 e. The maximum Gasteiger partial charge on any atom is 0.494 e. The zero-order valence-corrected chi connectivity index (χ0v) is 17.8. The molecule has 0 N–H and O–H groups in total. The lowest BCUT2D eigenvalue weighted by atomic mass is 9.78. The van der Waals surface area contributed by atoms with Crippen molar-refractivity contribution in [2.45, 2.75) is 72.1 Å². The third-order valence-electron chi connectivity index (χ3n) is 4.85. The van der Waals surface area contributed by atoms with Gasteiger partial charge in [0.2, 0.25) is 0 Å². The fourth-order valence-electron chi connectivity index (χ4n) is 2.66. The summed E-state index contributed by atoms with van der Waals surface area (Å²) in [6, 6.07) is 3.35. The van der Waals surface area contributed by atoms with Crippen molar-refractivity contribution in [3.8, 4) is 0 Å². The number of carbonyl (C=O) groups is 1. The molecule has 2 heterocycles. The minimum atomic E-state index is -3.51. The van der Waals surface area contributed by atoms with Gasteiger partial charge in [-0.15, -0.1) is 0 Å². The molecule has 0 bridgehead atoms. The van der Waals surface area contributed by atoms with Crippen LogP contribution in [0.2, 0.25) is 0 Å². The van der Waals surface area contributed by atoms with Crippen molar-refractivity contribution in [3.05, 3.63) is 23.8 Å². The third kappa shape index (κ3) is 4.89. The number of rotatable bonds is 2. The smallest absolute Gasteiger partial charge is 0.444 e. The van der Waals surface area contributed by atoms with Crippen LogP contribution in [0.4, 0.5) is 10.5 Å². The second-order valence-corrected chi connectivity index (χ2v) is 9.00. The highest BCUT2D eigenvalue weighted by Gasteiger charge is 2.51. The Morgan fingerprint density at radius 1 is 1.10 bits per heavy atom. The number of hydrogen-bond donors (Lipinski definition) is 0. The molecule has 0 spiro atoms. The van der Waals surface area contributed by atoms with E-state index in [1.165, 1.54) is 32.9 Å². The van der Waals surface area contributed by atoms with Gasteiger partial charge in [-0.05, 0) is 78.5 Å². The number of ether oxygens (including phenoxy) is 1. The number of piperazine rings is 1. The molecule has 6 nitrogen and oxygen atoms in total. The van der Waals surface area contributed by atoms with Crippen LogP contribution in [0.1, 0.15) is 69.1 Å². The van der Waals surface area contributed by atoms with E-state index in [2.05, 4.69) is 0 Å². The fraction of sp³-hybridized carbons (Fsp3) is 0.682. The first-order valence-corrected chi connectivity index (χ1v) is 9.35. The molecular formula is C22H35BN2O4.